The second-order valence-corrected chi connectivity index (χ2v) is 0. The standard InChI is InChI=1S/C.Al.Li.Na. The van der Waals surface area contributed by atoms with Crippen LogP contribution >= 0.6 is 0 Å². The molecule has 0 spiro atoms. The van der Waals surface area contributed by atoms with Gasteiger partial charge in [0.25, 0.3) is 0 Å². The van der Waals surface area contributed by atoms with E-state index in [1.54, 1.807) is 0 Å². The fraction of sp³-hybridized carbons (Fsp3) is 0. The van der Waals surface area contributed by atoms with Crippen LogP contribution in [0.5, 0.6) is 0 Å². The SMILES string of the molecule is [Al].[C].[Li].[Na]. The normalized spacial score (nSPS) is 0. The van der Waals surface area contributed by atoms with Crippen molar-refractivity contribution in [3.05, 3.63) is 7.43 Å². The first-order chi connectivity index (χ1) is 0. The van der Waals surface area contributed by atoms with E-state index in [-0.39, 0.29) is 73.2 Å². The van der Waals surface area contributed by atoms with Gasteiger partial charge < -0.3 is 0 Å². The second-order valence-electron chi connectivity index (χ2n) is 0. The summed E-state index contributed by atoms with van der Waals surface area (Å²) in [6, 6.07) is 0. The van der Waals surface area contributed by atoms with Crippen molar-refractivity contribution in [3.8, 4) is 0 Å². The summed E-state index contributed by atoms with van der Waals surface area (Å²) in [7, 11) is 0. The van der Waals surface area contributed by atoms with Crippen molar-refractivity contribution in [3.63, 3.8) is 0 Å². The number of rotatable bonds is 0. The molecule has 0 aromatic rings. The molecular weight excluding hydrogens is 68.9 g/mol. The van der Waals surface area contributed by atoms with Crippen molar-refractivity contribution < 1.29 is 0 Å². The van der Waals surface area contributed by atoms with Gasteiger partial charge >= 0.3 is 0 Å². The molecule has 0 saturated carbocycles. The molecule has 4 heavy (non-hydrogen) atoms. The van der Waals surface area contributed by atoms with Crippen molar-refractivity contribution in [2.75, 3.05) is 0 Å². The largest absolute Gasteiger partial charge is 0 e. The zero-order chi connectivity index (χ0) is 0. The van der Waals surface area contributed by atoms with Gasteiger partial charge in [-0.1, -0.05) is 0 Å². The van der Waals surface area contributed by atoms with E-state index in [1.165, 1.54) is 0 Å². The van der Waals surface area contributed by atoms with Crippen LogP contribution in [-0.4, -0.2) is 65.8 Å². The molecule has 0 aliphatic carbocycles. The molecule has 9 valence electrons. The molecular formula is CAlLiNa. The minimum absolute atomic E-state index is 0. The Hall–Kier alpha value is 2.13. The Balaban J connectivity index is 0. The maximum Gasteiger partial charge on any atom is 0 e. The van der Waals surface area contributed by atoms with Crippen LogP contribution in [0.4, 0.5) is 0 Å². The Morgan fingerprint density at radius 3 is 1.00 bits per heavy atom. The van der Waals surface area contributed by atoms with Crippen molar-refractivity contribution in [2.45, 2.75) is 0 Å². The van der Waals surface area contributed by atoms with Gasteiger partial charge in [0.15, 0.2) is 0 Å². The molecule has 0 N–H and O–H groups in total. The summed E-state index contributed by atoms with van der Waals surface area (Å²) >= 11 is 0. The van der Waals surface area contributed by atoms with E-state index in [9.17, 15) is 0 Å². The Labute approximate surface area is 72.3 Å². The molecule has 0 fully saturated rings. The summed E-state index contributed by atoms with van der Waals surface area (Å²) in [5.41, 5.74) is 0. The molecule has 0 amide bonds. The molecule has 0 nitrogen and oxygen atoms in total. The van der Waals surface area contributed by atoms with E-state index in [0.717, 1.165) is 0 Å². The van der Waals surface area contributed by atoms with Gasteiger partial charge in [-0.3, -0.25) is 0 Å². The van der Waals surface area contributed by atoms with Crippen molar-refractivity contribution in [1.29, 1.82) is 0 Å². The molecule has 0 aliphatic rings. The summed E-state index contributed by atoms with van der Waals surface area (Å²) in [5, 5.41) is 0. The molecule has 0 aliphatic heterocycles. The Bertz CT molecular complexity index is 8.00. The Morgan fingerprint density at radius 2 is 1.00 bits per heavy atom. The van der Waals surface area contributed by atoms with Gasteiger partial charge in [-0.25, -0.2) is 0 Å². The van der Waals surface area contributed by atoms with Crippen LogP contribution in [0.3, 0.4) is 0 Å². The minimum Gasteiger partial charge on any atom is 0 e. The second kappa shape index (κ2) is 19.3. The van der Waals surface area contributed by atoms with E-state index in [0.29, 0.717) is 0 Å². The van der Waals surface area contributed by atoms with E-state index < -0.39 is 0 Å². The first kappa shape index (κ1) is 35.6. The van der Waals surface area contributed by atoms with Gasteiger partial charge in [-0.15, -0.1) is 0 Å². The maximum atomic E-state index is 0. The zero-order valence-electron chi connectivity index (χ0n) is 3.08. The zero-order valence-corrected chi connectivity index (χ0v) is 6.23. The van der Waals surface area contributed by atoms with Crippen LogP contribution < -0.4 is 0 Å². The third-order valence-electron chi connectivity index (χ3n) is 0. The molecule has 0 rings (SSSR count). The first-order valence-electron chi connectivity index (χ1n) is 0. The van der Waals surface area contributed by atoms with Crippen LogP contribution in [0.25, 0.3) is 0 Å². The Morgan fingerprint density at radius 1 is 1.00 bits per heavy atom. The van der Waals surface area contributed by atoms with Crippen LogP contribution in [0, 0.1) is 7.43 Å². The molecule has 9 radical (unpaired) electrons. The van der Waals surface area contributed by atoms with Crippen molar-refractivity contribution in [1.82, 2.24) is 0 Å². The van der Waals surface area contributed by atoms with Crippen LogP contribution in [0.2, 0.25) is 0 Å². The monoisotopic (exact) mass is 69.0 g/mol. The van der Waals surface area contributed by atoms with Gasteiger partial charge in [-0.2, -0.15) is 0 Å². The molecule has 0 heterocycles. The molecule has 0 saturated heterocycles. The molecule has 0 bridgehead atoms. The number of hydrogen-bond acceptors (Lipinski definition) is 0. The summed E-state index contributed by atoms with van der Waals surface area (Å²) in [5.74, 6) is 0. The maximum absolute atomic E-state index is 0. The van der Waals surface area contributed by atoms with Gasteiger partial charge in [0.1, 0.15) is 0 Å². The van der Waals surface area contributed by atoms with E-state index in [1.807, 2.05) is 0 Å². The van der Waals surface area contributed by atoms with Crippen molar-refractivity contribution in [2.24, 2.45) is 0 Å². The van der Waals surface area contributed by atoms with Crippen LogP contribution in [0.1, 0.15) is 0 Å². The molecule has 0 aromatic heterocycles. The molecule has 0 unspecified atom stereocenters. The van der Waals surface area contributed by atoms with Gasteiger partial charge in [-0.05, 0) is 0 Å². The molecule has 0 aromatic carbocycles. The minimum atomic E-state index is 0. The third-order valence-corrected chi connectivity index (χ3v) is 0. The van der Waals surface area contributed by atoms with Gasteiger partial charge in [0.2, 0.25) is 0 Å². The fourth-order valence-electron chi connectivity index (χ4n) is 0. The van der Waals surface area contributed by atoms with Crippen molar-refractivity contribution >= 4 is 65.8 Å². The predicted octanol–water partition coefficient (Wildman–Crippen LogP) is -1.06. The average Bonchev–Trinajstić information content (AvgIpc) is 0. The van der Waals surface area contributed by atoms with Crippen LogP contribution in [-0.2, 0) is 0 Å². The third kappa shape index (κ3) is 8.92. The first-order valence-corrected chi connectivity index (χ1v) is 0. The van der Waals surface area contributed by atoms with Gasteiger partial charge in [0.05, 0.1) is 0 Å². The summed E-state index contributed by atoms with van der Waals surface area (Å²) < 4.78 is 0. The van der Waals surface area contributed by atoms with E-state index in [2.05, 4.69) is 0 Å². The van der Waals surface area contributed by atoms with Gasteiger partial charge in [0, 0.05) is 73.2 Å². The van der Waals surface area contributed by atoms with E-state index in [4.69, 9.17) is 0 Å². The number of hydrogen-bond donors (Lipinski definition) is 0. The summed E-state index contributed by atoms with van der Waals surface area (Å²) in [4.78, 5) is 0. The summed E-state index contributed by atoms with van der Waals surface area (Å²) in [6.07, 6.45) is 0. The smallest absolute Gasteiger partial charge is 0 e. The quantitative estimate of drug-likeness (QED) is 0.318. The summed E-state index contributed by atoms with van der Waals surface area (Å²) in [6.45, 7) is 0. The molecule has 3 heteroatoms. The van der Waals surface area contributed by atoms with E-state index >= 15 is 0 Å². The average molecular weight is 68.9 g/mol. The Kier molecular flexibility index (Phi) is 171. The predicted molar refractivity (Wildman–Crippen MR) is 20.5 cm³/mol. The molecule has 0 atom stereocenters. The topological polar surface area (TPSA) is 0 Å². The fourth-order valence-corrected chi connectivity index (χ4v) is 0. The van der Waals surface area contributed by atoms with Crippen LogP contribution in [0.15, 0.2) is 0 Å².